The highest BCUT2D eigenvalue weighted by Crippen LogP contribution is 2.33. The van der Waals surface area contributed by atoms with Gasteiger partial charge in [0.15, 0.2) is 5.75 Å². The number of nitrogens with one attached hydrogen (secondary N) is 1. The summed E-state index contributed by atoms with van der Waals surface area (Å²) < 4.78 is 10.1. The second-order valence-corrected chi connectivity index (χ2v) is 5.26. The molecular weight excluding hydrogens is 339 g/mol. The van der Waals surface area contributed by atoms with E-state index < -0.39 is 0 Å². The molecule has 1 N–H and O–H groups in total. The molecule has 23 heavy (non-hydrogen) atoms. The number of hydrogen-bond donors (Lipinski definition) is 1. The predicted molar refractivity (Wildman–Crippen MR) is 91.1 cm³/mol. The number of nitrogens with zero attached hydrogens (tertiary/aromatic N) is 1. The largest absolute Gasteiger partial charge is 0.497 e. The quantitative estimate of drug-likeness (QED) is 0.658. The maximum atomic E-state index is 11.9. The van der Waals surface area contributed by atoms with Crippen molar-refractivity contribution in [3.8, 4) is 11.5 Å². The molecule has 120 valence electrons. The summed E-state index contributed by atoms with van der Waals surface area (Å²) in [6, 6.07) is 9.95. The zero-order chi connectivity index (χ0) is 16.8. The van der Waals surface area contributed by atoms with Crippen molar-refractivity contribution in [3.63, 3.8) is 0 Å². The number of hydrazone groups is 1. The Bertz CT molecular complexity index is 708. The van der Waals surface area contributed by atoms with Crippen molar-refractivity contribution >= 4 is 35.3 Å². The maximum absolute atomic E-state index is 11.9. The van der Waals surface area contributed by atoms with Crippen molar-refractivity contribution in [2.45, 2.75) is 0 Å². The number of halogens is 2. The third-order valence-corrected chi connectivity index (χ3v) is 3.52. The molecule has 2 aromatic rings. The summed E-state index contributed by atoms with van der Waals surface area (Å²) in [5, 5.41) is 4.61. The molecule has 2 aromatic carbocycles. The Kier molecular flexibility index (Phi) is 5.84. The molecule has 0 atom stereocenters. The van der Waals surface area contributed by atoms with Gasteiger partial charge in [0.1, 0.15) is 5.75 Å². The first kappa shape index (κ1) is 17.1. The summed E-state index contributed by atoms with van der Waals surface area (Å²) in [4.78, 5) is 11.9. The number of ether oxygens (including phenoxy) is 2. The second kappa shape index (κ2) is 7.85. The molecule has 0 unspecified atom stereocenters. The van der Waals surface area contributed by atoms with E-state index in [4.69, 9.17) is 32.7 Å². The first-order chi connectivity index (χ1) is 11.0. The second-order valence-electron chi connectivity index (χ2n) is 4.45. The van der Waals surface area contributed by atoms with Crippen LogP contribution in [0.25, 0.3) is 0 Å². The normalized spacial score (nSPS) is 10.6. The van der Waals surface area contributed by atoms with Crippen molar-refractivity contribution in [2.24, 2.45) is 5.10 Å². The minimum Gasteiger partial charge on any atom is -0.497 e. The maximum Gasteiger partial charge on any atom is 0.271 e. The number of carbonyl (C=O) groups is 1. The van der Waals surface area contributed by atoms with Crippen molar-refractivity contribution in [2.75, 3.05) is 14.2 Å². The minimum atomic E-state index is -0.338. The van der Waals surface area contributed by atoms with Gasteiger partial charge >= 0.3 is 0 Å². The van der Waals surface area contributed by atoms with Crippen molar-refractivity contribution in [1.82, 2.24) is 5.43 Å². The van der Waals surface area contributed by atoms with E-state index in [-0.39, 0.29) is 5.91 Å². The van der Waals surface area contributed by atoms with Gasteiger partial charge in [-0.2, -0.15) is 5.10 Å². The van der Waals surface area contributed by atoms with E-state index in [2.05, 4.69) is 10.5 Å². The van der Waals surface area contributed by atoms with E-state index in [0.29, 0.717) is 32.7 Å². The van der Waals surface area contributed by atoms with Gasteiger partial charge < -0.3 is 9.47 Å². The number of benzene rings is 2. The fourth-order valence-corrected chi connectivity index (χ4v) is 2.48. The third-order valence-electron chi connectivity index (χ3n) is 2.96. The highest BCUT2D eigenvalue weighted by molar-refractivity contribution is 6.37. The Morgan fingerprint density at radius 2 is 1.70 bits per heavy atom. The van der Waals surface area contributed by atoms with Gasteiger partial charge in [0.25, 0.3) is 5.91 Å². The van der Waals surface area contributed by atoms with Crippen LogP contribution in [0.1, 0.15) is 15.9 Å². The van der Waals surface area contributed by atoms with E-state index in [1.807, 2.05) is 0 Å². The number of amides is 1. The third kappa shape index (κ3) is 4.37. The van der Waals surface area contributed by atoms with E-state index in [9.17, 15) is 4.79 Å². The molecule has 7 heteroatoms. The zero-order valence-corrected chi connectivity index (χ0v) is 14.0. The molecule has 0 aliphatic carbocycles. The van der Waals surface area contributed by atoms with Crippen molar-refractivity contribution in [3.05, 3.63) is 57.6 Å². The number of hydrogen-bond acceptors (Lipinski definition) is 4. The molecule has 1 amide bonds. The molecule has 0 saturated heterocycles. The van der Waals surface area contributed by atoms with Crippen LogP contribution >= 0.6 is 23.2 Å². The first-order valence-corrected chi connectivity index (χ1v) is 7.31. The number of carbonyl (C=O) groups excluding carboxylic acids is 1. The smallest absolute Gasteiger partial charge is 0.271 e. The molecular formula is C16H14Cl2N2O3. The molecule has 0 aromatic heterocycles. The lowest BCUT2D eigenvalue weighted by molar-refractivity contribution is 0.0955. The van der Waals surface area contributed by atoms with Gasteiger partial charge in [-0.3, -0.25) is 4.79 Å². The molecule has 0 saturated carbocycles. The number of rotatable bonds is 5. The van der Waals surface area contributed by atoms with Gasteiger partial charge in [-0.15, -0.1) is 0 Å². The van der Waals surface area contributed by atoms with E-state index in [1.165, 1.54) is 13.3 Å². The molecule has 0 aliphatic rings. The Balaban J connectivity index is 2.04. The van der Waals surface area contributed by atoms with Crippen LogP contribution in [0.2, 0.25) is 10.0 Å². The Labute approximate surface area is 143 Å². The molecule has 2 rings (SSSR count). The lowest BCUT2D eigenvalue weighted by Gasteiger charge is -2.06. The van der Waals surface area contributed by atoms with Crippen LogP contribution in [0.3, 0.4) is 0 Å². The standard InChI is InChI=1S/C16H14Cl2N2O3/c1-22-12-5-3-11(4-6-12)16(21)20-19-9-10-7-13(17)15(23-2)14(18)8-10/h3-9H,1-2H3,(H,20,21)/b19-9+. The molecule has 0 heterocycles. The van der Waals surface area contributed by atoms with Crippen LogP contribution in [-0.4, -0.2) is 26.3 Å². The average Bonchev–Trinajstić information content (AvgIpc) is 2.54. The topological polar surface area (TPSA) is 59.9 Å². The van der Waals surface area contributed by atoms with Crippen LogP contribution < -0.4 is 14.9 Å². The van der Waals surface area contributed by atoms with Gasteiger partial charge in [-0.05, 0) is 42.0 Å². The molecule has 0 spiro atoms. The van der Waals surface area contributed by atoms with Crippen molar-refractivity contribution < 1.29 is 14.3 Å². The molecule has 5 nitrogen and oxygen atoms in total. The lowest BCUT2D eigenvalue weighted by Crippen LogP contribution is -2.17. The SMILES string of the molecule is COc1ccc(C(=O)N/N=C/c2cc(Cl)c(OC)c(Cl)c2)cc1. The Morgan fingerprint density at radius 1 is 1.09 bits per heavy atom. The van der Waals surface area contributed by atoms with Gasteiger partial charge in [0, 0.05) is 5.56 Å². The van der Waals surface area contributed by atoms with Gasteiger partial charge in [-0.25, -0.2) is 5.43 Å². The van der Waals surface area contributed by atoms with Gasteiger partial charge in [0.2, 0.25) is 0 Å². The molecule has 0 fully saturated rings. The molecule has 0 bridgehead atoms. The number of methoxy groups -OCH3 is 2. The van der Waals surface area contributed by atoms with Crippen LogP contribution in [0.5, 0.6) is 11.5 Å². The zero-order valence-electron chi connectivity index (χ0n) is 12.5. The van der Waals surface area contributed by atoms with Gasteiger partial charge in [0.05, 0.1) is 30.5 Å². The fourth-order valence-electron chi connectivity index (χ4n) is 1.82. The molecule has 0 radical (unpaired) electrons. The monoisotopic (exact) mass is 352 g/mol. The first-order valence-electron chi connectivity index (χ1n) is 6.55. The molecule has 0 aliphatic heterocycles. The predicted octanol–water partition coefficient (Wildman–Crippen LogP) is 3.77. The van der Waals surface area contributed by atoms with Crippen LogP contribution in [0.15, 0.2) is 41.5 Å². The lowest BCUT2D eigenvalue weighted by atomic mass is 10.2. The summed E-state index contributed by atoms with van der Waals surface area (Å²) in [7, 11) is 3.04. The fraction of sp³-hybridized carbons (Fsp3) is 0.125. The van der Waals surface area contributed by atoms with E-state index >= 15 is 0 Å². The summed E-state index contributed by atoms with van der Waals surface area (Å²) in [5.74, 6) is 0.731. The van der Waals surface area contributed by atoms with E-state index in [0.717, 1.165) is 0 Å². The highest BCUT2D eigenvalue weighted by atomic mass is 35.5. The Morgan fingerprint density at radius 3 is 2.22 bits per heavy atom. The van der Waals surface area contributed by atoms with Crippen LogP contribution in [-0.2, 0) is 0 Å². The van der Waals surface area contributed by atoms with Crippen molar-refractivity contribution in [1.29, 1.82) is 0 Å². The highest BCUT2D eigenvalue weighted by Gasteiger charge is 2.08. The van der Waals surface area contributed by atoms with Crippen LogP contribution in [0, 0.1) is 0 Å². The average molecular weight is 353 g/mol. The van der Waals surface area contributed by atoms with Gasteiger partial charge in [-0.1, -0.05) is 23.2 Å². The Hall–Kier alpha value is -2.24. The van der Waals surface area contributed by atoms with E-state index in [1.54, 1.807) is 43.5 Å². The minimum absolute atomic E-state index is 0.338. The summed E-state index contributed by atoms with van der Waals surface area (Å²) in [6.45, 7) is 0. The van der Waals surface area contributed by atoms with Crippen LogP contribution in [0.4, 0.5) is 0 Å². The summed E-state index contributed by atoms with van der Waals surface area (Å²) in [6.07, 6.45) is 1.44. The summed E-state index contributed by atoms with van der Waals surface area (Å²) in [5.41, 5.74) is 3.53. The summed E-state index contributed by atoms with van der Waals surface area (Å²) >= 11 is 12.1.